The standard InChI is InChI=1S/C9H12IN3O4/c10-5-2-11-9(16)13-7(5)12-8-6(15)1-4(3-14)17-8/h2,4,6,8,14-15H,1,3H2,(H2,11,12,13,16)/t4-,6+,8+/m0/s1. The molecular formula is C9H12IN3O4. The Labute approximate surface area is 110 Å². The van der Waals surface area contributed by atoms with Gasteiger partial charge >= 0.3 is 5.69 Å². The number of H-pyrrole nitrogens is 1. The number of ether oxygens (including phenoxy) is 1. The number of aromatic amines is 1. The number of aliphatic hydroxyl groups excluding tert-OH is 2. The van der Waals surface area contributed by atoms with Crippen LogP contribution in [0.25, 0.3) is 0 Å². The normalized spacial score (nSPS) is 28.3. The highest BCUT2D eigenvalue weighted by atomic mass is 127. The van der Waals surface area contributed by atoms with Gasteiger partial charge in [0.05, 0.1) is 16.3 Å². The van der Waals surface area contributed by atoms with Gasteiger partial charge in [-0.3, -0.25) is 0 Å². The molecule has 1 saturated heterocycles. The Morgan fingerprint density at radius 3 is 3.12 bits per heavy atom. The maximum Gasteiger partial charge on any atom is 0.346 e. The van der Waals surface area contributed by atoms with Crippen LogP contribution in [0.3, 0.4) is 0 Å². The van der Waals surface area contributed by atoms with Crippen molar-refractivity contribution in [2.24, 2.45) is 0 Å². The van der Waals surface area contributed by atoms with Crippen molar-refractivity contribution in [1.82, 2.24) is 9.97 Å². The van der Waals surface area contributed by atoms with Crippen LogP contribution < -0.4 is 11.0 Å². The summed E-state index contributed by atoms with van der Waals surface area (Å²) in [6.07, 6.45) is 0.0953. The summed E-state index contributed by atoms with van der Waals surface area (Å²) in [7, 11) is 0. The second-order valence-electron chi connectivity index (χ2n) is 3.71. The maximum atomic E-state index is 11.1. The van der Waals surface area contributed by atoms with E-state index in [4.69, 9.17) is 9.84 Å². The smallest absolute Gasteiger partial charge is 0.346 e. The first-order valence-electron chi connectivity index (χ1n) is 5.06. The largest absolute Gasteiger partial charge is 0.394 e. The highest BCUT2D eigenvalue weighted by Gasteiger charge is 2.33. The molecule has 8 heteroatoms. The summed E-state index contributed by atoms with van der Waals surface area (Å²) in [6, 6.07) is 0. The van der Waals surface area contributed by atoms with Crippen LogP contribution in [0, 0.1) is 3.57 Å². The molecule has 0 spiro atoms. The van der Waals surface area contributed by atoms with Crippen molar-refractivity contribution < 1.29 is 14.9 Å². The van der Waals surface area contributed by atoms with E-state index in [9.17, 15) is 9.90 Å². The van der Waals surface area contributed by atoms with Gasteiger partial charge in [-0.2, -0.15) is 4.98 Å². The molecule has 2 heterocycles. The van der Waals surface area contributed by atoms with E-state index < -0.39 is 18.0 Å². The summed E-state index contributed by atoms with van der Waals surface area (Å²) in [6.45, 7) is -0.144. The maximum absolute atomic E-state index is 11.1. The third-order valence-electron chi connectivity index (χ3n) is 2.44. The molecule has 1 aromatic rings. The highest BCUT2D eigenvalue weighted by molar-refractivity contribution is 14.1. The monoisotopic (exact) mass is 353 g/mol. The van der Waals surface area contributed by atoms with Crippen LogP contribution in [0.5, 0.6) is 0 Å². The van der Waals surface area contributed by atoms with E-state index in [2.05, 4.69) is 15.3 Å². The lowest BCUT2D eigenvalue weighted by molar-refractivity contribution is 0.00509. The number of hydrogen-bond acceptors (Lipinski definition) is 6. The molecule has 0 amide bonds. The van der Waals surface area contributed by atoms with Gasteiger partial charge in [0.25, 0.3) is 0 Å². The summed E-state index contributed by atoms with van der Waals surface area (Å²) < 4.78 is 6.07. The number of rotatable bonds is 3. The second kappa shape index (κ2) is 5.29. The van der Waals surface area contributed by atoms with Gasteiger partial charge in [0.2, 0.25) is 0 Å². The van der Waals surface area contributed by atoms with Crippen LogP contribution in [0.4, 0.5) is 5.82 Å². The molecule has 94 valence electrons. The fourth-order valence-corrected chi connectivity index (χ4v) is 2.04. The van der Waals surface area contributed by atoms with E-state index in [1.54, 1.807) is 0 Å². The van der Waals surface area contributed by atoms with Crippen molar-refractivity contribution in [3.63, 3.8) is 0 Å². The van der Waals surface area contributed by atoms with Crippen LogP contribution in [0.15, 0.2) is 11.0 Å². The zero-order chi connectivity index (χ0) is 12.4. The number of hydrogen-bond donors (Lipinski definition) is 4. The minimum atomic E-state index is -0.732. The van der Waals surface area contributed by atoms with Crippen molar-refractivity contribution in [3.8, 4) is 0 Å². The van der Waals surface area contributed by atoms with E-state index >= 15 is 0 Å². The summed E-state index contributed by atoms with van der Waals surface area (Å²) in [4.78, 5) is 17.2. The molecule has 7 nitrogen and oxygen atoms in total. The van der Waals surface area contributed by atoms with Gasteiger partial charge < -0.3 is 25.3 Å². The number of anilines is 1. The van der Waals surface area contributed by atoms with Crippen molar-refractivity contribution in [2.45, 2.75) is 24.9 Å². The molecule has 1 aliphatic heterocycles. The van der Waals surface area contributed by atoms with E-state index in [1.165, 1.54) is 6.20 Å². The molecule has 0 unspecified atom stereocenters. The molecule has 17 heavy (non-hydrogen) atoms. The Bertz CT molecular complexity index is 452. The lowest BCUT2D eigenvalue weighted by Crippen LogP contribution is -2.31. The fraction of sp³-hybridized carbons (Fsp3) is 0.556. The molecule has 4 N–H and O–H groups in total. The van der Waals surface area contributed by atoms with E-state index in [1.807, 2.05) is 22.6 Å². The van der Waals surface area contributed by atoms with Crippen molar-refractivity contribution in [3.05, 3.63) is 20.3 Å². The molecule has 0 aliphatic carbocycles. The van der Waals surface area contributed by atoms with Gasteiger partial charge in [0.1, 0.15) is 11.9 Å². The summed E-state index contributed by atoms with van der Waals surface area (Å²) in [5, 5.41) is 21.5. The van der Waals surface area contributed by atoms with Crippen molar-refractivity contribution in [2.75, 3.05) is 11.9 Å². The van der Waals surface area contributed by atoms with E-state index in [0.29, 0.717) is 15.8 Å². The fourth-order valence-electron chi connectivity index (χ4n) is 1.61. The van der Waals surface area contributed by atoms with Crippen LogP contribution in [0.2, 0.25) is 0 Å². The summed E-state index contributed by atoms with van der Waals surface area (Å²) >= 11 is 2.00. The Morgan fingerprint density at radius 2 is 2.47 bits per heavy atom. The molecule has 0 radical (unpaired) electrons. The minimum Gasteiger partial charge on any atom is -0.394 e. The molecule has 0 bridgehead atoms. The predicted molar refractivity (Wildman–Crippen MR) is 67.6 cm³/mol. The Balaban J connectivity index is 2.11. The molecule has 0 saturated carbocycles. The van der Waals surface area contributed by atoms with E-state index in [-0.39, 0.29) is 12.7 Å². The van der Waals surface area contributed by atoms with Gasteiger partial charge in [0, 0.05) is 12.6 Å². The first-order valence-corrected chi connectivity index (χ1v) is 6.14. The van der Waals surface area contributed by atoms with Gasteiger partial charge in [0.15, 0.2) is 6.23 Å². The third kappa shape index (κ3) is 2.94. The van der Waals surface area contributed by atoms with Gasteiger partial charge in [-0.1, -0.05) is 0 Å². The zero-order valence-electron chi connectivity index (χ0n) is 8.76. The Morgan fingerprint density at radius 1 is 1.71 bits per heavy atom. The summed E-state index contributed by atoms with van der Waals surface area (Å²) in [5.74, 6) is 0.358. The van der Waals surface area contributed by atoms with Gasteiger partial charge in [-0.05, 0) is 22.6 Å². The highest BCUT2D eigenvalue weighted by Crippen LogP contribution is 2.22. The molecule has 2 rings (SSSR count). The van der Waals surface area contributed by atoms with Crippen molar-refractivity contribution >= 4 is 28.4 Å². The van der Waals surface area contributed by atoms with Crippen LogP contribution in [-0.2, 0) is 4.74 Å². The lowest BCUT2D eigenvalue weighted by Gasteiger charge is -2.17. The quantitative estimate of drug-likeness (QED) is 0.533. The Kier molecular flexibility index (Phi) is 3.97. The van der Waals surface area contributed by atoms with E-state index in [0.717, 1.165) is 0 Å². The zero-order valence-corrected chi connectivity index (χ0v) is 10.9. The molecule has 3 atom stereocenters. The molecule has 1 aromatic heterocycles. The number of nitrogens with one attached hydrogen (secondary N) is 2. The number of aromatic nitrogens is 2. The molecule has 1 aliphatic rings. The molecule has 0 aromatic carbocycles. The van der Waals surface area contributed by atoms with Crippen LogP contribution >= 0.6 is 22.6 Å². The third-order valence-corrected chi connectivity index (χ3v) is 3.26. The topological polar surface area (TPSA) is 107 Å². The Hall–Kier alpha value is -0.710. The van der Waals surface area contributed by atoms with Crippen LogP contribution in [0.1, 0.15) is 6.42 Å². The molecular weight excluding hydrogens is 341 g/mol. The average molecular weight is 353 g/mol. The first kappa shape index (κ1) is 12.7. The van der Waals surface area contributed by atoms with Crippen molar-refractivity contribution in [1.29, 1.82) is 0 Å². The number of aliphatic hydroxyl groups is 2. The summed E-state index contributed by atoms with van der Waals surface area (Å²) in [5.41, 5.74) is -0.473. The minimum absolute atomic E-state index is 0.144. The predicted octanol–water partition coefficient (Wildman–Crippen LogP) is -0.745. The SMILES string of the molecule is O=c1nc(N[C@@H]2O[C@H](CO)C[C@H]2O)c(I)c[nH]1. The van der Waals surface area contributed by atoms with Gasteiger partial charge in [-0.25, -0.2) is 4.79 Å². The lowest BCUT2D eigenvalue weighted by atomic mass is 10.2. The first-order chi connectivity index (χ1) is 8.10. The molecule has 1 fully saturated rings. The second-order valence-corrected chi connectivity index (χ2v) is 4.87. The average Bonchev–Trinajstić information content (AvgIpc) is 2.65. The van der Waals surface area contributed by atoms with Crippen LogP contribution in [-0.4, -0.2) is 45.2 Å². The number of nitrogens with zero attached hydrogens (tertiary/aromatic N) is 1. The number of halogens is 1. The van der Waals surface area contributed by atoms with Gasteiger partial charge in [-0.15, -0.1) is 0 Å².